The minimum atomic E-state index is 0.762. The fourth-order valence-corrected chi connectivity index (χ4v) is 1.02. The third-order valence-electron chi connectivity index (χ3n) is 2.21. The van der Waals surface area contributed by atoms with E-state index in [9.17, 15) is 0 Å². The van der Waals surface area contributed by atoms with Crippen molar-refractivity contribution in [2.45, 2.75) is 33.6 Å². The predicted molar refractivity (Wildman–Crippen MR) is 58.1 cm³/mol. The second-order valence-corrected chi connectivity index (χ2v) is 4.04. The van der Waals surface area contributed by atoms with Gasteiger partial charge in [-0.15, -0.1) is 0 Å². The highest BCUT2D eigenvalue weighted by atomic mass is 16.5. The maximum absolute atomic E-state index is 5.51. The van der Waals surface area contributed by atoms with Crippen molar-refractivity contribution in [2.24, 2.45) is 5.92 Å². The molecule has 0 N–H and O–H groups in total. The van der Waals surface area contributed by atoms with E-state index in [1.807, 2.05) is 0 Å². The molecule has 0 aliphatic heterocycles. The Labute approximate surface area is 83.3 Å². The molecular weight excluding hydrogens is 162 g/mol. The summed E-state index contributed by atoms with van der Waals surface area (Å²) in [4.78, 5) is 2.31. The molecule has 2 nitrogen and oxygen atoms in total. The Morgan fingerprint density at radius 1 is 1.23 bits per heavy atom. The maximum Gasteiger partial charge on any atom is 0.0478 e. The maximum atomic E-state index is 5.51. The van der Waals surface area contributed by atoms with Gasteiger partial charge in [-0.1, -0.05) is 20.8 Å². The summed E-state index contributed by atoms with van der Waals surface area (Å²) in [5.74, 6) is 0.762. The van der Waals surface area contributed by atoms with Crippen molar-refractivity contribution < 1.29 is 4.74 Å². The molecule has 13 heavy (non-hydrogen) atoms. The van der Waals surface area contributed by atoms with E-state index >= 15 is 0 Å². The van der Waals surface area contributed by atoms with Crippen molar-refractivity contribution >= 4 is 0 Å². The number of rotatable bonds is 8. The van der Waals surface area contributed by atoms with E-state index in [4.69, 9.17) is 4.74 Å². The van der Waals surface area contributed by atoms with Gasteiger partial charge in [0.05, 0.1) is 0 Å². The van der Waals surface area contributed by atoms with E-state index in [1.165, 1.54) is 6.42 Å². The number of nitrogens with zero attached hydrogens (tertiary/aromatic N) is 1. The number of hydrogen-bond acceptors (Lipinski definition) is 2. The molecule has 0 aromatic heterocycles. The Kier molecular flexibility index (Phi) is 8.46. The lowest BCUT2D eigenvalue weighted by atomic mass is 10.1. The van der Waals surface area contributed by atoms with Crippen LogP contribution in [0.3, 0.4) is 0 Å². The molecule has 0 aromatic carbocycles. The summed E-state index contributed by atoms with van der Waals surface area (Å²) in [6.07, 6.45) is 2.34. The summed E-state index contributed by atoms with van der Waals surface area (Å²) >= 11 is 0. The molecule has 0 aliphatic carbocycles. The first-order chi connectivity index (χ1) is 6.16. The zero-order valence-electron chi connectivity index (χ0n) is 9.68. The van der Waals surface area contributed by atoms with Gasteiger partial charge < -0.3 is 9.64 Å². The van der Waals surface area contributed by atoms with Crippen molar-refractivity contribution in [3.8, 4) is 0 Å². The van der Waals surface area contributed by atoms with Crippen LogP contribution in [0.2, 0.25) is 0 Å². The Morgan fingerprint density at radius 3 is 2.46 bits per heavy atom. The average molecular weight is 187 g/mol. The van der Waals surface area contributed by atoms with Crippen molar-refractivity contribution in [2.75, 3.05) is 33.4 Å². The Bertz CT molecular complexity index is 104. The molecule has 0 fully saturated rings. The van der Waals surface area contributed by atoms with Crippen LogP contribution in [0.5, 0.6) is 0 Å². The molecule has 80 valence electrons. The molecule has 0 rings (SSSR count). The lowest BCUT2D eigenvalue weighted by Crippen LogP contribution is -2.20. The smallest absolute Gasteiger partial charge is 0.0478 e. The topological polar surface area (TPSA) is 12.5 Å². The van der Waals surface area contributed by atoms with Gasteiger partial charge >= 0.3 is 0 Å². The van der Waals surface area contributed by atoms with Gasteiger partial charge in [0.25, 0.3) is 0 Å². The highest BCUT2D eigenvalue weighted by molar-refractivity contribution is 4.47. The number of ether oxygens (including phenoxy) is 1. The van der Waals surface area contributed by atoms with Gasteiger partial charge in [-0.2, -0.15) is 0 Å². The van der Waals surface area contributed by atoms with Gasteiger partial charge in [0, 0.05) is 19.8 Å². The van der Waals surface area contributed by atoms with Gasteiger partial charge in [-0.05, 0) is 32.4 Å². The zero-order valence-corrected chi connectivity index (χ0v) is 9.68. The largest absolute Gasteiger partial charge is 0.381 e. The van der Waals surface area contributed by atoms with Crippen LogP contribution in [0.15, 0.2) is 0 Å². The minimum absolute atomic E-state index is 0.762. The van der Waals surface area contributed by atoms with Crippen LogP contribution in [0.4, 0.5) is 0 Å². The first-order valence-electron chi connectivity index (χ1n) is 5.43. The van der Waals surface area contributed by atoms with E-state index in [-0.39, 0.29) is 0 Å². The second kappa shape index (κ2) is 8.52. The second-order valence-electron chi connectivity index (χ2n) is 4.04. The van der Waals surface area contributed by atoms with Crippen LogP contribution in [0.1, 0.15) is 33.6 Å². The molecule has 0 atom stereocenters. The third kappa shape index (κ3) is 9.84. The third-order valence-corrected chi connectivity index (χ3v) is 2.21. The highest BCUT2D eigenvalue weighted by Gasteiger charge is 1.95. The minimum Gasteiger partial charge on any atom is -0.381 e. The molecule has 0 bridgehead atoms. The summed E-state index contributed by atoms with van der Waals surface area (Å²) < 4.78 is 5.51. The molecule has 0 saturated heterocycles. The van der Waals surface area contributed by atoms with E-state index in [2.05, 4.69) is 32.7 Å². The van der Waals surface area contributed by atoms with Crippen molar-refractivity contribution in [3.63, 3.8) is 0 Å². The molecule has 0 saturated carbocycles. The van der Waals surface area contributed by atoms with Crippen LogP contribution < -0.4 is 0 Å². The van der Waals surface area contributed by atoms with E-state index in [1.54, 1.807) is 0 Å². The van der Waals surface area contributed by atoms with Crippen molar-refractivity contribution in [3.05, 3.63) is 0 Å². The fraction of sp³-hybridized carbons (Fsp3) is 1.00. The molecule has 0 heterocycles. The fourth-order valence-electron chi connectivity index (χ4n) is 1.02. The summed E-state index contributed by atoms with van der Waals surface area (Å²) in [6.45, 7) is 10.8. The van der Waals surface area contributed by atoms with Gasteiger partial charge in [0.2, 0.25) is 0 Å². The van der Waals surface area contributed by atoms with Crippen LogP contribution in [-0.4, -0.2) is 38.3 Å². The van der Waals surface area contributed by atoms with Gasteiger partial charge in [-0.25, -0.2) is 0 Å². The molecule has 0 unspecified atom stereocenters. The Balaban J connectivity index is 2.99. The van der Waals surface area contributed by atoms with E-state index < -0.39 is 0 Å². The molecule has 0 aromatic rings. The van der Waals surface area contributed by atoms with Crippen LogP contribution in [0.25, 0.3) is 0 Å². The highest BCUT2D eigenvalue weighted by Crippen LogP contribution is 1.99. The average Bonchev–Trinajstić information content (AvgIpc) is 2.10. The predicted octanol–water partition coefficient (Wildman–Crippen LogP) is 2.39. The lowest BCUT2D eigenvalue weighted by Gasteiger charge is -2.13. The Morgan fingerprint density at radius 2 is 1.92 bits per heavy atom. The summed E-state index contributed by atoms with van der Waals surface area (Å²) in [5, 5.41) is 0. The summed E-state index contributed by atoms with van der Waals surface area (Å²) in [5.41, 5.74) is 0. The van der Waals surface area contributed by atoms with Gasteiger partial charge in [-0.3, -0.25) is 0 Å². The molecule has 2 heteroatoms. The molecule has 0 radical (unpaired) electrons. The first-order valence-corrected chi connectivity index (χ1v) is 5.43. The Hall–Kier alpha value is -0.0800. The van der Waals surface area contributed by atoms with Gasteiger partial charge in [0.1, 0.15) is 0 Å². The standard InChI is InChI=1S/C11H25NO/c1-5-12(4)8-6-9-13-10-7-11(2)3/h11H,5-10H2,1-4H3. The van der Waals surface area contributed by atoms with Gasteiger partial charge in [0.15, 0.2) is 0 Å². The van der Waals surface area contributed by atoms with Crippen LogP contribution >= 0.6 is 0 Å². The monoisotopic (exact) mass is 187 g/mol. The molecule has 0 amide bonds. The van der Waals surface area contributed by atoms with Crippen molar-refractivity contribution in [1.29, 1.82) is 0 Å². The molecular formula is C11H25NO. The first kappa shape index (κ1) is 12.9. The van der Waals surface area contributed by atoms with Crippen molar-refractivity contribution in [1.82, 2.24) is 4.90 Å². The number of hydrogen-bond donors (Lipinski definition) is 0. The van der Waals surface area contributed by atoms with Crippen LogP contribution in [-0.2, 0) is 4.74 Å². The van der Waals surface area contributed by atoms with E-state index in [0.29, 0.717) is 0 Å². The quantitative estimate of drug-likeness (QED) is 0.541. The zero-order chi connectivity index (χ0) is 10.1. The summed E-state index contributed by atoms with van der Waals surface area (Å²) in [7, 11) is 2.15. The lowest BCUT2D eigenvalue weighted by molar-refractivity contribution is 0.114. The molecule has 0 spiro atoms. The van der Waals surface area contributed by atoms with Crippen LogP contribution in [0, 0.1) is 5.92 Å². The normalized spacial score (nSPS) is 11.5. The SMILES string of the molecule is CCN(C)CCCOCCC(C)C. The summed E-state index contributed by atoms with van der Waals surface area (Å²) in [6, 6.07) is 0. The molecule has 0 aliphatic rings. The van der Waals surface area contributed by atoms with E-state index in [0.717, 1.165) is 38.6 Å².